The van der Waals surface area contributed by atoms with Gasteiger partial charge in [-0.3, -0.25) is 4.98 Å². The van der Waals surface area contributed by atoms with Crippen molar-refractivity contribution in [2.75, 3.05) is 0 Å². The lowest BCUT2D eigenvalue weighted by molar-refractivity contribution is 0.404. The Hall–Kier alpha value is -3.72. The summed E-state index contributed by atoms with van der Waals surface area (Å²) in [6.45, 7) is 1.69. The van der Waals surface area contributed by atoms with Crippen molar-refractivity contribution in [1.82, 2.24) is 4.98 Å². The Morgan fingerprint density at radius 2 is 1.36 bits per heavy atom. The molecule has 0 aliphatic carbocycles. The summed E-state index contributed by atoms with van der Waals surface area (Å²) in [5, 5.41) is 47.8. The Balaban J connectivity index is 2.24. The lowest BCUT2D eigenvalue weighted by Crippen LogP contribution is -1.96. The minimum atomic E-state index is -0.292. The second-order valence-corrected chi connectivity index (χ2v) is 5.53. The molecule has 124 valence electrons. The van der Waals surface area contributed by atoms with Gasteiger partial charge in [0.2, 0.25) is 0 Å². The molecule has 1 aromatic heterocycles. The molecule has 0 atom stereocenters. The predicted octanol–water partition coefficient (Wildman–Crippen LogP) is 3.42. The molecule has 0 radical (unpaired) electrons. The number of pyridine rings is 1. The van der Waals surface area contributed by atoms with E-state index in [1.165, 1.54) is 24.3 Å². The van der Waals surface area contributed by atoms with Crippen LogP contribution in [0.5, 0.6) is 23.0 Å². The minimum Gasteiger partial charge on any atom is -0.504 e. The Morgan fingerprint density at radius 3 is 1.92 bits per heavy atom. The van der Waals surface area contributed by atoms with E-state index in [4.69, 9.17) is 0 Å². The number of hydrogen-bond donors (Lipinski definition) is 4. The molecule has 0 unspecified atom stereocenters. The standard InChI is InChI=1S/C19H14N2O4/c1-10-14(9-20)13(11-2-4-16(22)18(24)6-11)8-15(21-10)12-3-5-17(23)19(25)7-12/h2-8,22-25H,1H3. The first-order valence-electron chi connectivity index (χ1n) is 7.37. The maximum absolute atomic E-state index is 9.74. The number of nitriles is 1. The molecule has 0 saturated heterocycles. The van der Waals surface area contributed by atoms with E-state index in [9.17, 15) is 25.7 Å². The molecule has 6 heteroatoms. The lowest BCUT2D eigenvalue weighted by atomic mass is 9.96. The van der Waals surface area contributed by atoms with Gasteiger partial charge < -0.3 is 20.4 Å². The quantitative estimate of drug-likeness (QED) is 0.533. The molecule has 6 nitrogen and oxygen atoms in total. The van der Waals surface area contributed by atoms with Crippen LogP contribution < -0.4 is 0 Å². The van der Waals surface area contributed by atoms with Crippen molar-refractivity contribution in [2.45, 2.75) is 6.92 Å². The zero-order chi connectivity index (χ0) is 18.1. The van der Waals surface area contributed by atoms with Gasteiger partial charge in [-0.15, -0.1) is 0 Å². The number of rotatable bonds is 2. The van der Waals surface area contributed by atoms with Crippen LogP contribution in [-0.2, 0) is 0 Å². The SMILES string of the molecule is Cc1nc(-c2ccc(O)c(O)c2)cc(-c2ccc(O)c(O)c2)c1C#N. The smallest absolute Gasteiger partial charge is 0.158 e. The molecule has 1 heterocycles. The van der Waals surface area contributed by atoms with E-state index < -0.39 is 0 Å². The van der Waals surface area contributed by atoms with Gasteiger partial charge in [-0.2, -0.15) is 5.26 Å². The molecular formula is C19H14N2O4. The fraction of sp³-hybridized carbons (Fsp3) is 0.0526. The lowest BCUT2D eigenvalue weighted by Gasteiger charge is -2.11. The number of phenols is 4. The number of aryl methyl sites for hydroxylation is 1. The first kappa shape index (κ1) is 16.1. The van der Waals surface area contributed by atoms with Crippen molar-refractivity contribution in [2.24, 2.45) is 0 Å². The van der Waals surface area contributed by atoms with E-state index in [-0.39, 0.29) is 23.0 Å². The fourth-order valence-electron chi connectivity index (χ4n) is 2.56. The van der Waals surface area contributed by atoms with Crippen LogP contribution >= 0.6 is 0 Å². The van der Waals surface area contributed by atoms with E-state index in [1.54, 1.807) is 25.1 Å². The van der Waals surface area contributed by atoms with Crippen molar-refractivity contribution in [3.8, 4) is 51.5 Å². The second-order valence-electron chi connectivity index (χ2n) is 5.53. The van der Waals surface area contributed by atoms with Crippen LogP contribution in [0, 0.1) is 18.3 Å². The van der Waals surface area contributed by atoms with Gasteiger partial charge in [0, 0.05) is 11.1 Å². The number of phenolic OH excluding ortho intramolecular Hbond substituents is 4. The fourth-order valence-corrected chi connectivity index (χ4v) is 2.56. The highest BCUT2D eigenvalue weighted by molar-refractivity contribution is 5.78. The average molecular weight is 334 g/mol. The molecule has 3 rings (SSSR count). The molecule has 4 N–H and O–H groups in total. The topological polar surface area (TPSA) is 118 Å². The third kappa shape index (κ3) is 2.91. The van der Waals surface area contributed by atoms with Gasteiger partial charge in [-0.05, 0) is 48.9 Å². The van der Waals surface area contributed by atoms with Crippen LogP contribution in [0.15, 0.2) is 42.5 Å². The summed E-state index contributed by atoms with van der Waals surface area (Å²) in [5.74, 6) is -1.06. The van der Waals surface area contributed by atoms with E-state index in [1.807, 2.05) is 0 Å². The van der Waals surface area contributed by atoms with Crippen LogP contribution in [0.4, 0.5) is 0 Å². The van der Waals surface area contributed by atoms with Gasteiger partial charge in [-0.1, -0.05) is 6.07 Å². The van der Waals surface area contributed by atoms with Gasteiger partial charge in [0.05, 0.1) is 17.0 Å². The van der Waals surface area contributed by atoms with E-state index >= 15 is 0 Å². The third-order valence-electron chi connectivity index (χ3n) is 3.87. The summed E-state index contributed by atoms with van der Waals surface area (Å²) in [6, 6.07) is 12.4. The molecule has 0 aliphatic heterocycles. The largest absolute Gasteiger partial charge is 0.504 e. The third-order valence-corrected chi connectivity index (χ3v) is 3.87. The number of hydrogen-bond acceptors (Lipinski definition) is 6. The maximum Gasteiger partial charge on any atom is 0.158 e. The summed E-state index contributed by atoms with van der Waals surface area (Å²) in [5.41, 5.74) is 2.96. The number of benzene rings is 2. The Morgan fingerprint density at radius 1 is 0.800 bits per heavy atom. The Bertz CT molecular complexity index is 1020. The van der Waals surface area contributed by atoms with Crippen LogP contribution in [0.25, 0.3) is 22.4 Å². The molecule has 25 heavy (non-hydrogen) atoms. The van der Waals surface area contributed by atoms with Gasteiger partial charge in [0.1, 0.15) is 6.07 Å². The van der Waals surface area contributed by atoms with Crippen molar-refractivity contribution >= 4 is 0 Å². The van der Waals surface area contributed by atoms with Crippen LogP contribution in [0.2, 0.25) is 0 Å². The summed E-state index contributed by atoms with van der Waals surface area (Å²) in [6.07, 6.45) is 0. The Kier molecular flexibility index (Phi) is 3.91. The van der Waals surface area contributed by atoms with Gasteiger partial charge in [0.25, 0.3) is 0 Å². The minimum absolute atomic E-state index is 0.238. The highest BCUT2D eigenvalue weighted by atomic mass is 16.3. The highest BCUT2D eigenvalue weighted by Crippen LogP contribution is 2.36. The first-order valence-corrected chi connectivity index (χ1v) is 7.37. The molecule has 0 fully saturated rings. The van der Waals surface area contributed by atoms with Crippen molar-refractivity contribution in [3.05, 3.63) is 53.7 Å². The van der Waals surface area contributed by atoms with E-state index in [2.05, 4.69) is 11.1 Å². The number of nitrogens with zero attached hydrogens (tertiary/aromatic N) is 2. The van der Waals surface area contributed by atoms with E-state index in [0.717, 1.165) is 0 Å². The molecular weight excluding hydrogens is 320 g/mol. The highest BCUT2D eigenvalue weighted by Gasteiger charge is 2.15. The van der Waals surface area contributed by atoms with Crippen LogP contribution in [0.1, 0.15) is 11.3 Å². The van der Waals surface area contributed by atoms with Crippen LogP contribution in [-0.4, -0.2) is 25.4 Å². The average Bonchev–Trinajstić information content (AvgIpc) is 2.59. The molecule has 0 spiro atoms. The predicted molar refractivity (Wildman–Crippen MR) is 91.2 cm³/mol. The molecule has 0 bridgehead atoms. The zero-order valence-corrected chi connectivity index (χ0v) is 13.2. The molecule has 0 aliphatic rings. The number of aromatic hydroxyl groups is 4. The summed E-state index contributed by atoms with van der Waals surface area (Å²) >= 11 is 0. The summed E-state index contributed by atoms with van der Waals surface area (Å²) in [4.78, 5) is 4.38. The van der Waals surface area contributed by atoms with Gasteiger partial charge in [0.15, 0.2) is 23.0 Å². The van der Waals surface area contributed by atoms with Crippen LogP contribution in [0.3, 0.4) is 0 Å². The molecule has 2 aromatic carbocycles. The number of aromatic nitrogens is 1. The molecule has 0 saturated carbocycles. The van der Waals surface area contributed by atoms with Gasteiger partial charge in [-0.25, -0.2) is 0 Å². The second kappa shape index (κ2) is 6.06. The van der Waals surface area contributed by atoms with Crippen molar-refractivity contribution < 1.29 is 20.4 Å². The summed E-state index contributed by atoms with van der Waals surface area (Å²) < 4.78 is 0. The molecule has 0 amide bonds. The van der Waals surface area contributed by atoms with Crippen molar-refractivity contribution in [1.29, 1.82) is 5.26 Å². The monoisotopic (exact) mass is 334 g/mol. The first-order chi connectivity index (χ1) is 11.9. The van der Waals surface area contributed by atoms with Gasteiger partial charge >= 0.3 is 0 Å². The zero-order valence-electron chi connectivity index (χ0n) is 13.2. The van der Waals surface area contributed by atoms with Crippen molar-refractivity contribution in [3.63, 3.8) is 0 Å². The summed E-state index contributed by atoms with van der Waals surface area (Å²) in [7, 11) is 0. The normalized spacial score (nSPS) is 10.4. The maximum atomic E-state index is 9.74. The van der Waals surface area contributed by atoms with E-state index in [0.29, 0.717) is 33.6 Å². The Labute approximate surface area is 143 Å². The molecule has 3 aromatic rings.